The lowest BCUT2D eigenvalue weighted by Gasteiger charge is -2.30. The first-order chi connectivity index (χ1) is 6.18. The molecule has 0 aromatic carbocycles. The zero-order valence-corrected chi connectivity index (χ0v) is 7.70. The fourth-order valence-electron chi connectivity index (χ4n) is 1.59. The van der Waals surface area contributed by atoms with Gasteiger partial charge in [0.15, 0.2) is 0 Å². The predicted octanol–water partition coefficient (Wildman–Crippen LogP) is 1.45. The standard InChI is InChI=1S/C9H12N2O2/c1-6-3-11(7(2)12)9-5-13-4-8(9)10-6/h4-6,10H,3H2,1-2H3. The molecule has 0 saturated carbocycles. The molecule has 0 fully saturated rings. The number of amides is 1. The van der Waals surface area contributed by atoms with Crippen LogP contribution in [-0.2, 0) is 4.79 Å². The molecule has 2 rings (SSSR count). The molecule has 1 N–H and O–H groups in total. The summed E-state index contributed by atoms with van der Waals surface area (Å²) in [4.78, 5) is 13.0. The summed E-state index contributed by atoms with van der Waals surface area (Å²) >= 11 is 0. The van der Waals surface area contributed by atoms with Crippen LogP contribution in [0.2, 0.25) is 0 Å². The number of nitrogens with one attached hydrogen (secondary N) is 1. The van der Waals surface area contributed by atoms with Crippen molar-refractivity contribution >= 4 is 17.3 Å². The van der Waals surface area contributed by atoms with Gasteiger partial charge in [-0.15, -0.1) is 0 Å². The SMILES string of the molecule is CC(=O)N1CC(C)Nc2cocc21. The lowest BCUT2D eigenvalue weighted by molar-refractivity contribution is -0.116. The molecule has 1 aliphatic heterocycles. The van der Waals surface area contributed by atoms with Crippen molar-refractivity contribution in [3.8, 4) is 0 Å². The van der Waals surface area contributed by atoms with Gasteiger partial charge in [0, 0.05) is 19.5 Å². The topological polar surface area (TPSA) is 45.5 Å². The van der Waals surface area contributed by atoms with E-state index < -0.39 is 0 Å². The molecule has 0 aliphatic carbocycles. The van der Waals surface area contributed by atoms with Gasteiger partial charge in [0.25, 0.3) is 0 Å². The number of fused-ring (bicyclic) bond motifs is 1. The van der Waals surface area contributed by atoms with E-state index in [0.29, 0.717) is 6.54 Å². The van der Waals surface area contributed by atoms with Crippen LogP contribution in [0.5, 0.6) is 0 Å². The van der Waals surface area contributed by atoms with Gasteiger partial charge in [0.2, 0.25) is 5.91 Å². The minimum Gasteiger partial charge on any atom is -0.468 e. The van der Waals surface area contributed by atoms with E-state index in [2.05, 4.69) is 5.32 Å². The molecule has 0 saturated heterocycles. The summed E-state index contributed by atoms with van der Waals surface area (Å²) in [6.45, 7) is 4.29. The van der Waals surface area contributed by atoms with Crippen LogP contribution in [-0.4, -0.2) is 18.5 Å². The molecule has 4 heteroatoms. The molecule has 13 heavy (non-hydrogen) atoms. The van der Waals surface area contributed by atoms with E-state index >= 15 is 0 Å². The van der Waals surface area contributed by atoms with Gasteiger partial charge >= 0.3 is 0 Å². The van der Waals surface area contributed by atoms with E-state index in [4.69, 9.17) is 4.42 Å². The fraction of sp³-hybridized carbons (Fsp3) is 0.444. The van der Waals surface area contributed by atoms with E-state index in [0.717, 1.165) is 11.4 Å². The molecule has 70 valence electrons. The van der Waals surface area contributed by atoms with Gasteiger partial charge in [-0.1, -0.05) is 0 Å². The number of carbonyl (C=O) groups excluding carboxylic acids is 1. The van der Waals surface area contributed by atoms with Crippen LogP contribution in [0.1, 0.15) is 13.8 Å². The molecular formula is C9H12N2O2. The summed E-state index contributed by atoms with van der Waals surface area (Å²) < 4.78 is 5.04. The molecular weight excluding hydrogens is 168 g/mol. The van der Waals surface area contributed by atoms with Gasteiger partial charge in [0.05, 0.1) is 5.69 Å². The first-order valence-corrected chi connectivity index (χ1v) is 4.29. The van der Waals surface area contributed by atoms with Crippen molar-refractivity contribution in [2.45, 2.75) is 19.9 Å². The molecule has 1 aromatic heterocycles. The van der Waals surface area contributed by atoms with Gasteiger partial charge < -0.3 is 14.6 Å². The zero-order chi connectivity index (χ0) is 9.42. The molecule has 2 heterocycles. The number of furan rings is 1. The zero-order valence-electron chi connectivity index (χ0n) is 7.70. The van der Waals surface area contributed by atoms with Crippen molar-refractivity contribution in [1.29, 1.82) is 0 Å². The van der Waals surface area contributed by atoms with E-state index in [1.807, 2.05) is 6.92 Å². The van der Waals surface area contributed by atoms with Crippen LogP contribution in [0.15, 0.2) is 16.9 Å². The average molecular weight is 180 g/mol. The third-order valence-electron chi connectivity index (χ3n) is 2.17. The second kappa shape index (κ2) is 2.80. The Kier molecular flexibility index (Phi) is 1.76. The van der Waals surface area contributed by atoms with Crippen molar-refractivity contribution < 1.29 is 9.21 Å². The summed E-state index contributed by atoms with van der Waals surface area (Å²) in [6.07, 6.45) is 3.22. The van der Waals surface area contributed by atoms with E-state index in [1.54, 1.807) is 24.3 Å². The van der Waals surface area contributed by atoms with Gasteiger partial charge in [-0.25, -0.2) is 0 Å². The lowest BCUT2D eigenvalue weighted by atomic mass is 10.2. The maximum absolute atomic E-state index is 11.3. The number of hydrogen-bond donors (Lipinski definition) is 1. The van der Waals surface area contributed by atoms with Crippen LogP contribution in [0.4, 0.5) is 11.4 Å². The molecule has 0 radical (unpaired) electrons. The minimum atomic E-state index is 0.0519. The molecule has 1 unspecified atom stereocenters. The third-order valence-corrected chi connectivity index (χ3v) is 2.17. The molecule has 0 spiro atoms. The van der Waals surface area contributed by atoms with Crippen LogP contribution >= 0.6 is 0 Å². The summed E-state index contributed by atoms with van der Waals surface area (Å²) in [5.74, 6) is 0.0519. The predicted molar refractivity (Wildman–Crippen MR) is 49.8 cm³/mol. The van der Waals surface area contributed by atoms with Crippen LogP contribution in [0.3, 0.4) is 0 Å². The Balaban J connectivity index is 2.38. The lowest BCUT2D eigenvalue weighted by Crippen LogP contribution is -2.41. The molecule has 0 bridgehead atoms. The molecule has 1 aromatic rings. The summed E-state index contributed by atoms with van der Waals surface area (Å²) in [5.41, 5.74) is 1.74. The largest absolute Gasteiger partial charge is 0.468 e. The van der Waals surface area contributed by atoms with E-state index in [-0.39, 0.29) is 11.9 Å². The van der Waals surface area contributed by atoms with Gasteiger partial charge in [-0.3, -0.25) is 4.79 Å². The molecule has 1 amide bonds. The minimum absolute atomic E-state index is 0.0519. The summed E-state index contributed by atoms with van der Waals surface area (Å²) in [7, 11) is 0. The second-order valence-electron chi connectivity index (χ2n) is 3.35. The van der Waals surface area contributed by atoms with Crippen molar-refractivity contribution in [3.63, 3.8) is 0 Å². The smallest absolute Gasteiger partial charge is 0.224 e. The average Bonchev–Trinajstić information content (AvgIpc) is 2.49. The number of anilines is 2. The highest BCUT2D eigenvalue weighted by molar-refractivity contribution is 5.95. The van der Waals surface area contributed by atoms with E-state index in [1.165, 1.54) is 0 Å². The fourth-order valence-corrected chi connectivity index (χ4v) is 1.59. The van der Waals surface area contributed by atoms with Crippen molar-refractivity contribution in [3.05, 3.63) is 12.5 Å². The third kappa shape index (κ3) is 1.28. The Bertz CT molecular complexity index is 332. The number of carbonyl (C=O) groups is 1. The van der Waals surface area contributed by atoms with Gasteiger partial charge in [-0.2, -0.15) is 0 Å². The normalized spacial score (nSPS) is 20.8. The molecule has 4 nitrogen and oxygen atoms in total. The molecule has 1 aliphatic rings. The Morgan fingerprint density at radius 2 is 2.46 bits per heavy atom. The van der Waals surface area contributed by atoms with Crippen molar-refractivity contribution in [2.75, 3.05) is 16.8 Å². The summed E-state index contributed by atoms with van der Waals surface area (Å²) in [5, 5.41) is 3.24. The number of rotatable bonds is 0. The maximum Gasteiger partial charge on any atom is 0.224 e. The highest BCUT2D eigenvalue weighted by Crippen LogP contribution is 2.31. The summed E-state index contributed by atoms with van der Waals surface area (Å²) in [6, 6.07) is 0.272. The van der Waals surface area contributed by atoms with Gasteiger partial charge in [0.1, 0.15) is 18.2 Å². The Hall–Kier alpha value is -1.45. The first kappa shape index (κ1) is 8.16. The molecule has 1 atom stereocenters. The highest BCUT2D eigenvalue weighted by Gasteiger charge is 2.25. The Labute approximate surface area is 76.5 Å². The number of hydrogen-bond acceptors (Lipinski definition) is 3. The first-order valence-electron chi connectivity index (χ1n) is 4.29. The number of nitrogens with zero attached hydrogens (tertiary/aromatic N) is 1. The van der Waals surface area contributed by atoms with Crippen LogP contribution in [0.25, 0.3) is 0 Å². The van der Waals surface area contributed by atoms with Crippen LogP contribution in [0, 0.1) is 0 Å². The Morgan fingerprint density at radius 3 is 3.15 bits per heavy atom. The van der Waals surface area contributed by atoms with Crippen molar-refractivity contribution in [1.82, 2.24) is 0 Å². The Morgan fingerprint density at radius 1 is 1.69 bits per heavy atom. The van der Waals surface area contributed by atoms with Gasteiger partial charge in [-0.05, 0) is 6.92 Å². The monoisotopic (exact) mass is 180 g/mol. The maximum atomic E-state index is 11.3. The van der Waals surface area contributed by atoms with Crippen molar-refractivity contribution in [2.24, 2.45) is 0 Å². The second-order valence-corrected chi connectivity index (χ2v) is 3.35. The van der Waals surface area contributed by atoms with E-state index in [9.17, 15) is 4.79 Å². The van der Waals surface area contributed by atoms with Crippen LogP contribution < -0.4 is 10.2 Å². The quantitative estimate of drug-likeness (QED) is 0.657. The highest BCUT2D eigenvalue weighted by atomic mass is 16.3.